The molecule has 45 heavy (non-hydrogen) atoms. The Balaban J connectivity index is 1.07. The van der Waals surface area contributed by atoms with Crippen molar-refractivity contribution in [2.75, 3.05) is 0 Å². The quantitative estimate of drug-likeness (QED) is 0.204. The first-order valence-corrected chi connectivity index (χ1v) is 16.0. The summed E-state index contributed by atoms with van der Waals surface area (Å²) < 4.78 is 15.5. The van der Waals surface area contributed by atoms with Crippen LogP contribution in [0.15, 0.2) is 154 Å². The van der Waals surface area contributed by atoms with Gasteiger partial charge < -0.3 is 8.83 Å². The van der Waals surface area contributed by atoms with E-state index in [9.17, 15) is 0 Å². The Bertz CT molecular complexity index is 2760. The predicted molar refractivity (Wildman–Crippen MR) is 190 cm³/mol. The maximum atomic E-state index is 6.77. The van der Waals surface area contributed by atoms with Crippen LogP contribution in [0.3, 0.4) is 0 Å². The van der Waals surface area contributed by atoms with Crippen molar-refractivity contribution < 1.29 is 8.83 Å². The molecule has 0 saturated carbocycles. The van der Waals surface area contributed by atoms with E-state index in [1.54, 1.807) is 0 Å². The number of benzene rings is 7. The summed E-state index contributed by atoms with van der Waals surface area (Å²) in [5, 5.41) is 7.14. The van der Waals surface area contributed by atoms with Gasteiger partial charge >= 0.3 is 0 Å². The zero-order valence-electron chi connectivity index (χ0n) is 24.1. The Labute approximate surface area is 262 Å². The highest BCUT2D eigenvalue weighted by molar-refractivity contribution is 7.25. The van der Waals surface area contributed by atoms with E-state index in [-0.39, 0.29) is 0 Å². The van der Waals surface area contributed by atoms with Crippen LogP contribution in [0.1, 0.15) is 0 Å². The van der Waals surface area contributed by atoms with Crippen LogP contribution < -0.4 is 0 Å². The lowest BCUT2D eigenvalue weighted by Gasteiger charge is -2.06. The number of furan rings is 2. The highest BCUT2D eigenvalue weighted by Gasteiger charge is 2.17. The molecule has 0 aliphatic heterocycles. The Hall–Kier alpha value is -5.64. The number of hydrogen-bond donors (Lipinski definition) is 0. The van der Waals surface area contributed by atoms with Gasteiger partial charge in [-0.15, -0.1) is 11.3 Å². The van der Waals surface area contributed by atoms with Crippen LogP contribution in [0.25, 0.3) is 97.4 Å². The summed E-state index contributed by atoms with van der Waals surface area (Å²) in [7, 11) is 0. The van der Waals surface area contributed by atoms with Crippen molar-refractivity contribution in [2.24, 2.45) is 0 Å². The minimum atomic E-state index is 0.895. The van der Waals surface area contributed by atoms with E-state index >= 15 is 0 Å². The number of para-hydroxylation sites is 3. The fourth-order valence-electron chi connectivity index (χ4n) is 6.92. The van der Waals surface area contributed by atoms with Crippen LogP contribution in [-0.4, -0.2) is 0 Å². The highest BCUT2D eigenvalue weighted by Crippen LogP contribution is 2.42. The summed E-state index contributed by atoms with van der Waals surface area (Å²) in [5.74, 6) is 0. The van der Waals surface area contributed by atoms with Gasteiger partial charge in [-0.05, 0) is 52.6 Å². The van der Waals surface area contributed by atoms with Crippen LogP contribution >= 0.6 is 11.3 Å². The average Bonchev–Trinajstić information content (AvgIpc) is 3.79. The Kier molecular flexibility index (Phi) is 5.19. The maximum Gasteiger partial charge on any atom is 0.143 e. The van der Waals surface area contributed by atoms with Crippen LogP contribution in [0.4, 0.5) is 0 Å². The molecule has 10 rings (SSSR count). The van der Waals surface area contributed by atoms with Gasteiger partial charge in [0.25, 0.3) is 0 Å². The second-order valence-corrected chi connectivity index (χ2v) is 12.7. The first-order chi connectivity index (χ1) is 22.3. The van der Waals surface area contributed by atoms with Gasteiger partial charge in [-0.1, -0.05) is 115 Å². The fourth-order valence-corrected chi connectivity index (χ4v) is 8.06. The largest absolute Gasteiger partial charge is 0.456 e. The maximum absolute atomic E-state index is 6.77. The SMILES string of the molecule is c1ccc2c(c1)oc1ccc(-c3cccc4c3oc3c(-c5ccc(-c6ccc7c(c6)sc6ccccc67)cc5)cccc34)cc12. The summed E-state index contributed by atoms with van der Waals surface area (Å²) in [4.78, 5) is 0. The molecule has 0 amide bonds. The number of hydrogen-bond acceptors (Lipinski definition) is 3. The molecule has 3 aromatic heterocycles. The van der Waals surface area contributed by atoms with E-state index in [1.165, 1.54) is 31.3 Å². The first-order valence-electron chi connectivity index (χ1n) is 15.2. The highest BCUT2D eigenvalue weighted by atomic mass is 32.1. The van der Waals surface area contributed by atoms with E-state index in [0.717, 1.165) is 66.1 Å². The van der Waals surface area contributed by atoms with E-state index in [1.807, 2.05) is 23.5 Å². The molecule has 210 valence electrons. The van der Waals surface area contributed by atoms with Gasteiger partial charge in [-0.2, -0.15) is 0 Å². The van der Waals surface area contributed by atoms with Gasteiger partial charge in [0.15, 0.2) is 0 Å². The lowest BCUT2D eigenvalue weighted by Crippen LogP contribution is -1.81. The van der Waals surface area contributed by atoms with Gasteiger partial charge in [0.2, 0.25) is 0 Å². The monoisotopic (exact) mass is 592 g/mol. The topological polar surface area (TPSA) is 26.3 Å². The molecule has 0 bridgehead atoms. The van der Waals surface area contributed by atoms with Crippen molar-refractivity contribution in [3.8, 4) is 33.4 Å². The van der Waals surface area contributed by atoms with Crippen LogP contribution in [-0.2, 0) is 0 Å². The van der Waals surface area contributed by atoms with Crippen molar-refractivity contribution in [3.05, 3.63) is 146 Å². The van der Waals surface area contributed by atoms with Crippen LogP contribution in [0, 0.1) is 0 Å². The van der Waals surface area contributed by atoms with Crippen molar-refractivity contribution in [1.29, 1.82) is 0 Å². The second-order valence-electron chi connectivity index (χ2n) is 11.7. The van der Waals surface area contributed by atoms with E-state index in [4.69, 9.17) is 8.83 Å². The molecule has 10 aromatic rings. The molecule has 7 aromatic carbocycles. The van der Waals surface area contributed by atoms with Crippen molar-refractivity contribution in [3.63, 3.8) is 0 Å². The molecule has 0 radical (unpaired) electrons. The van der Waals surface area contributed by atoms with Crippen LogP contribution in [0.2, 0.25) is 0 Å². The summed E-state index contributed by atoms with van der Waals surface area (Å²) in [5.41, 5.74) is 10.5. The molecule has 2 nitrogen and oxygen atoms in total. The summed E-state index contributed by atoms with van der Waals surface area (Å²) in [6.45, 7) is 0. The van der Waals surface area contributed by atoms with Crippen molar-refractivity contribution in [2.45, 2.75) is 0 Å². The summed E-state index contributed by atoms with van der Waals surface area (Å²) >= 11 is 1.86. The van der Waals surface area contributed by atoms with Gasteiger partial charge in [-0.25, -0.2) is 0 Å². The standard InChI is InChI=1S/C42H24O2S/c1-3-13-37-31(7-1)36-23-28(20-22-38(36)43-37)30-10-6-12-35-34-11-5-9-29(41(34)44-42(30)35)26-17-15-25(16-18-26)27-19-21-33-32-8-2-4-14-39(32)45-40(33)24-27/h1-24H. The summed E-state index contributed by atoms with van der Waals surface area (Å²) in [6, 6.07) is 51.8. The number of fused-ring (bicyclic) bond motifs is 9. The second kappa shape index (κ2) is 9.43. The number of rotatable bonds is 3. The van der Waals surface area contributed by atoms with Crippen molar-refractivity contribution in [1.82, 2.24) is 0 Å². The third-order valence-corrected chi connectivity index (χ3v) is 10.3. The molecule has 0 fully saturated rings. The zero-order chi connectivity index (χ0) is 29.5. The average molecular weight is 593 g/mol. The zero-order valence-corrected chi connectivity index (χ0v) is 24.9. The molecule has 0 N–H and O–H groups in total. The third-order valence-electron chi connectivity index (χ3n) is 9.12. The first kappa shape index (κ1) is 24.8. The van der Waals surface area contributed by atoms with Gasteiger partial charge in [0, 0.05) is 52.8 Å². The van der Waals surface area contributed by atoms with Gasteiger partial charge in [0.1, 0.15) is 22.3 Å². The van der Waals surface area contributed by atoms with Crippen LogP contribution in [0.5, 0.6) is 0 Å². The van der Waals surface area contributed by atoms with E-state index in [0.29, 0.717) is 0 Å². The molecule has 0 spiro atoms. The lowest BCUT2D eigenvalue weighted by molar-refractivity contribution is 0.668. The molecule has 0 unspecified atom stereocenters. The molecule has 3 heteroatoms. The number of thiophene rings is 1. The van der Waals surface area contributed by atoms with Crippen molar-refractivity contribution >= 4 is 75.4 Å². The minimum Gasteiger partial charge on any atom is -0.456 e. The molecule has 3 heterocycles. The molecule has 0 aliphatic rings. The Morgan fingerprint density at radius 3 is 1.76 bits per heavy atom. The Morgan fingerprint density at radius 2 is 0.933 bits per heavy atom. The lowest BCUT2D eigenvalue weighted by atomic mass is 9.97. The smallest absolute Gasteiger partial charge is 0.143 e. The van der Waals surface area contributed by atoms with Gasteiger partial charge in [0.05, 0.1) is 0 Å². The molecule has 0 aliphatic carbocycles. The van der Waals surface area contributed by atoms with E-state index < -0.39 is 0 Å². The Morgan fingerprint density at radius 1 is 0.333 bits per heavy atom. The normalized spacial score (nSPS) is 12.0. The fraction of sp³-hybridized carbons (Fsp3) is 0. The third kappa shape index (κ3) is 3.75. The molecular formula is C42H24O2S. The van der Waals surface area contributed by atoms with E-state index in [2.05, 4.69) is 133 Å². The molecule has 0 saturated heterocycles. The predicted octanol–water partition coefficient (Wildman–Crippen LogP) is 12.9. The summed E-state index contributed by atoms with van der Waals surface area (Å²) in [6.07, 6.45) is 0. The minimum absolute atomic E-state index is 0.895. The van der Waals surface area contributed by atoms with Gasteiger partial charge in [-0.3, -0.25) is 0 Å². The molecule has 0 atom stereocenters. The molecular weight excluding hydrogens is 569 g/mol.